The van der Waals surface area contributed by atoms with Crippen molar-refractivity contribution in [1.29, 1.82) is 0 Å². The average Bonchev–Trinajstić information content (AvgIpc) is 2.83. The zero-order valence-electron chi connectivity index (χ0n) is 17.1. The topological polar surface area (TPSA) is 67.3 Å². The molecule has 1 aliphatic rings. The van der Waals surface area contributed by atoms with Crippen LogP contribution in [0.25, 0.3) is 11.1 Å². The average molecular weight is 402 g/mol. The molecule has 2 heterocycles. The molecule has 0 unspecified atom stereocenters. The van der Waals surface area contributed by atoms with Gasteiger partial charge >= 0.3 is 0 Å². The van der Waals surface area contributed by atoms with E-state index < -0.39 is 0 Å². The first-order chi connectivity index (χ1) is 14.7. The van der Waals surface area contributed by atoms with E-state index in [1.165, 1.54) is 0 Å². The zero-order valence-corrected chi connectivity index (χ0v) is 17.1. The maximum Gasteiger partial charge on any atom is 0.225 e. The number of amides is 1. The van der Waals surface area contributed by atoms with E-state index in [1.54, 1.807) is 7.11 Å². The maximum absolute atomic E-state index is 12.7. The molecule has 1 amide bonds. The SMILES string of the molecule is COc1cccc(CNC(=O)[C@@H]2CCCN(c3ncc(-c4ccccc4)cn3)C2)c1. The Balaban J connectivity index is 1.36. The molecule has 6 nitrogen and oxygen atoms in total. The Bertz CT molecular complexity index is 976. The number of carbonyl (C=O) groups is 1. The van der Waals surface area contributed by atoms with E-state index in [-0.39, 0.29) is 11.8 Å². The van der Waals surface area contributed by atoms with Crippen LogP contribution in [0, 0.1) is 5.92 Å². The number of hydrogen-bond acceptors (Lipinski definition) is 5. The number of ether oxygens (including phenoxy) is 1. The highest BCUT2D eigenvalue weighted by molar-refractivity contribution is 5.79. The molecule has 1 aliphatic heterocycles. The van der Waals surface area contributed by atoms with E-state index >= 15 is 0 Å². The normalized spacial score (nSPS) is 16.2. The highest BCUT2D eigenvalue weighted by Gasteiger charge is 2.27. The van der Waals surface area contributed by atoms with Gasteiger partial charge in [0.1, 0.15) is 5.75 Å². The van der Waals surface area contributed by atoms with Crippen LogP contribution in [0.1, 0.15) is 18.4 Å². The van der Waals surface area contributed by atoms with Gasteiger partial charge in [-0.2, -0.15) is 0 Å². The van der Waals surface area contributed by atoms with Gasteiger partial charge in [0.2, 0.25) is 11.9 Å². The molecule has 30 heavy (non-hydrogen) atoms. The van der Waals surface area contributed by atoms with Crippen LogP contribution in [0.5, 0.6) is 5.75 Å². The number of aromatic nitrogens is 2. The van der Waals surface area contributed by atoms with Gasteiger partial charge in [0.25, 0.3) is 0 Å². The highest BCUT2D eigenvalue weighted by atomic mass is 16.5. The molecule has 0 radical (unpaired) electrons. The smallest absolute Gasteiger partial charge is 0.225 e. The predicted octanol–water partition coefficient (Wildman–Crippen LogP) is 3.69. The second-order valence-corrected chi connectivity index (χ2v) is 7.49. The van der Waals surface area contributed by atoms with Crippen molar-refractivity contribution in [2.45, 2.75) is 19.4 Å². The molecule has 0 saturated carbocycles. The summed E-state index contributed by atoms with van der Waals surface area (Å²) in [4.78, 5) is 23.9. The number of benzene rings is 2. The molecule has 0 aliphatic carbocycles. The fourth-order valence-electron chi connectivity index (χ4n) is 3.75. The quantitative estimate of drug-likeness (QED) is 0.681. The van der Waals surface area contributed by atoms with Gasteiger partial charge in [-0.3, -0.25) is 4.79 Å². The van der Waals surface area contributed by atoms with E-state index in [2.05, 4.69) is 20.2 Å². The Labute approximate surface area is 176 Å². The highest BCUT2D eigenvalue weighted by Crippen LogP contribution is 2.23. The van der Waals surface area contributed by atoms with E-state index in [4.69, 9.17) is 4.74 Å². The lowest BCUT2D eigenvalue weighted by molar-refractivity contribution is -0.125. The van der Waals surface area contributed by atoms with Gasteiger partial charge in [0, 0.05) is 37.6 Å². The van der Waals surface area contributed by atoms with E-state index in [0.29, 0.717) is 19.0 Å². The molecule has 1 saturated heterocycles. The Morgan fingerprint density at radius 2 is 1.90 bits per heavy atom. The van der Waals surface area contributed by atoms with Crippen molar-refractivity contribution in [3.05, 3.63) is 72.6 Å². The predicted molar refractivity (Wildman–Crippen MR) is 117 cm³/mol. The number of piperidine rings is 1. The Kier molecular flexibility index (Phi) is 6.23. The molecule has 1 fully saturated rings. The van der Waals surface area contributed by atoms with Crippen molar-refractivity contribution < 1.29 is 9.53 Å². The second kappa shape index (κ2) is 9.39. The third kappa shape index (κ3) is 4.76. The number of rotatable bonds is 6. The number of nitrogens with zero attached hydrogens (tertiary/aromatic N) is 3. The van der Waals surface area contributed by atoms with E-state index in [9.17, 15) is 4.79 Å². The molecule has 6 heteroatoms. The minimum atomic E-state index is -0.0678. The summed E-state index contributed by atoms with van der Waals surface area (Å²) >= 11 is 0. The lowest BCUT2D eigenvalue weighted by Gasteiger charge is -2.32. The van der Waals surface area contributed by atoms with Gasteiger partial charge in [-0.15, -0.1) is 0 Å². The lowest BCUT2D eigenvalue weighted by atomic mass is 9.97. The molecule has 154 valence electrons. The van der Waals surface area contributed by atoms with Crippen molar-refractivity contribution in [2.75, 3.05) is 25.1 Å². The third-order valence-electron chi connectivity index (χ3n) is 5.42. The molecule has 1 N–H and O–H groups in total. The van der Waals surface area contributed by atoms with Crippen LogP contribution in [0.3, 0.4) is 0 Å². The molecule has 4 rings (SSSR count). The molecular weight excluding hydrogens is 376 g/mol. The van der Waals surface area contributed by atoms with Crippen LogP contribution in [-0.2, 0) is 11.3 Å². The van der Waals surface area contributed by atoms with Crippen molar-refractivity contribution in [1.82, 2.24) is 15.3 Å². The first-order valence-electron chi connectivity index (χ1n) is 10.3. The number of nitrogens with one attached hydrogen (secondary N) is 1. The minimum absolute atomic E-state index is 0.0678. The molecule has 1 aromatic heterocycles. The first kappa shape index (κ1) is 19.9. The summed E-state index contributed by atoms with van der Waals surface area (Å²) in [6, 6.07) is 17.8. The number of methoxy groups -OCH3 is 1. The van der Waals surface area contributed by atoms with Gasteiger partial charge < -0.3 is 15.0 Å². The van der Waals surface area contributed by atoms with Gasteiger partial charge in [-0.25, -0.2) is 9.97 Å². The summed E-state index contributed by atoms with van der Waals surface area (Å²) in [5.41, 5.74) is 3.11. The van der Waals surface area contributed by atoms with Crippen LogP contribution in [0.4, 0.5) is 5.95 Å². The Hall–Kier alpha value is -3.41. The summed E-state index contributed by atoms with van der Waals surface area (Å²) in [5, 5.41) is 3.06. The van der Waals surface area contributed by atoms with Gasteiger partial charge in [-0.05, 0) is 36.1 Å². The van der Waals surface area contributed by atoms with Crippen LogP contribution in [-0.4, -0.2) is 36.1 Å². The van der Waals surface area contributed by atoms with Gasteiger partial charge in [-0.1, -0.05) is 42.5 Å². The van der Waals surface area contributed by atoms with Crippen molar-refractivity contribution in [3.8, 4) is 16.9 Å². The number of anilines is 1. The fourth-order valence-corrected chi connectivity index (χ4v) is 3.75. The summed E-state index contributed by atoms with van der Waals surface area (Å²) < 4.78 is 5.24. The van der Waals surface area contributed by atoms with Gasteiger partial charge in [0.05, 0.1) is 13.0 Å². The standard InChI is InChI=1S/C24H26N4O2/c1-30-22-11-5-7-18(13-22)14-25-23(29)20-10-6-12-28(17-20)24-26-15-21(16-27-24)19-8-3-2-4-9-19/h2-5,7-9,11,13,15-16,20H,6,10,12,14,17H2,1H3,(H,25,29)/t20-/m1/s1. The third-order valence-corrected chi connectivity index (χ3v) is 5.42. The Morgan fingerprint density at radius 3 is 2.67 bits per heavy atom. The minimum Gasteiger partial charge on any atom is -0.497 e. The monoisotopic (exact) mass is 402 g/mol. The molecule has 2 aromatic carbocycles. The van der Waals surface area contributed by atoms with Crippen molar-refractivity contribution in [2.24, 2.45) is 5.92 Å². The summed E-state index contributed by atoms with van der Waals surface area (Å²) in [6.07, 6.45) is 5.53. The molecule has 1 atom stereocenters. The Morgan fingerprint density at radius 1 is 1.10 bits per heavy atom. The summed E-state index contributed by atoms with van der Waals surface area (Å²) in [5.74, 6) is 1.48. The summed E-state index contributed by atoms with van der Waals surface area (Å²) in [6.45, 7) is 1.99. The maximum atomic E-state index is 12.7. The molecular formula is C24H26N4O2. The zero-order chi connectivity index (χ0) is 20.8. The fraction of sp³-hybridized carbons (Fsp3) is 0.292. The summed E-state index contributed by atoms with van der Waals surface area (Å²) in [7, 11) is 1.64. The van der Waals surface area contributed by atoms with Crippen molar-refractivity contribution in [3.63, 3.8) is 0 Å². The largest absolute Gasteiger partial charge is 0.497 e. The molecule has 0 bridgehead atoms. The first-order valence-corrected chi connectivity index (χ1v) is 10.3. The van der Waals surface area contributed by atoms with Crippen LogP contribution < -0.4 is 15.0 Å². The number of carbonyl (C=O) groups excluding carboxylic acids is 1. The lowest BCUT2D eigenvalue weighted by Crippen LogP contribution is -2.43. The molecule has 0 spiro atoms. The van der Waals surface area contributed by atoms with Crippen LogP contribution >= 0.6 is 0 Å². The van der Waals surface area contributed by atoms with E-state index in [0.717, 1.165) is 41.8 Å². The van der Waals surface area contributed by atoms with Crippen molar-refractivity contribution >= 4 is 11.9 Å². The van der Waals surface area contributed by atoms with E-state index in [1.807, 2.05) is 67.0 Å². The molecule has 3 aromatic rings. The van der Waals surface area contributed by atoms with Gasteiger partial charge in [0.15, 0.2) is 0 Å². The van der Waals surface area contributed by atoms with Crippen LogP contribution in [0.15, 0.2) is 67.0 Å². The number of hydrogen-bond donors (Lipinski definition) is 1. The second-order valence-electron chi connectivity index (χ2n) is 7.49. The van der Waals surface area contributed by atoms with Crippen LogP contribution in [0.2, 0.25) is 0 Å².